The topological polar surface area (TPSA) is 60.4 Å². The lowest BCUT2D eigenvalue weighted by Crippen LogP contribution is -2.24. The monoisotopic (exact) mass is 404 g/mol. The maximum absolute atomic E-state index is 12.3. The van der Waals surface area contributed by atoms with Gasteiger partial charge < -0.3 is 14.2 Å². The van der Waals surface area contributed by atoms with Gasteiger partial charge >= 0.3 is 0 Å². The minimum absolute atomic E-state index is 0.102. The van der Waals surface area contributed by atoms with Gasteiger partial charge in [-0.3, -0.25) is 4.79 Å². The van der Waals surface area contributed by atoms with Gasteiger partial charge in [0.25, 0.3) is 0 Å². The number of hydrogen-bond donors (Lipinski definition) is 0. The molecule has 0 N–H and O–H groups in total. The van der Waals surface area contributed by atoms with Crippen molar-refractivity contribution in [1.82, 2.24) is 5.01 Å². The number of benzene rings is 3. The standard InChI is InChI=1S/C24H24N2O4/c1-15(27)26-22(19-8-10-23(29-3)24(13-19)30-4)14-21(25-26)18-6-5-17-12-20(28-2)9-7-16(17)11-18/h5-13,22H,14H2,1-4H3/t22-/m1/s1. The molecule has 0 fully saturated rings. The molecule has 1 heterocycles. The smallest absolute Gasteiger partial charge is 0.240 e. The Kier molecular flexibility index (Phi) is 5.31. The summed E-state index contributed by atoms with van der Waals surface area (Å²) in [5.74, 6) is 2.01. The third-order valence-electron chi connectivity index (χ3n) is 5.41. The van der Waals surface area contributed by atoms with Crippen LogP contribution in [-0.4, -0.2) is 38.0 Å². The molecule has 30 heavy (non-hydrogen) atoms. The number of nitrogens with zero attached hydrogens (tertiary/aromatic N) is 2. The van der Waals surface area contributed by atoms with Gasteiger partial charge in [-0.1, -0.05) is 24.3 Å². The SMILES string of the molecule is COc1ccc2cc(C3=NN(C(C)=O)[C@@H](c4ccc(OC)c(OC)c4)C3)ccc2c1. The molecule has 154 valence electrons. The Balaban J connectivity index is 1.68. The number of carbonyl (C=O) groups is 1. The minimum atomic E-state index is -0.191. The number of rotatable bonds is 5. The Hall–Kier alpha value is -3.54. The van der Waals surface area contributed by atoms with Gasteiger partial charge in [0.15, 0.2) is 11.5 Å². The number of carbonyl (C=O) groups excluding carboxylic acids is 1. The predicted molar refractivity (Wildman–Crippen MR) is 116 cm³/mol. The first-order chi connectivity index (χ1) is 14.5. The molecule has 3 aromatic rings. The normalized spacial score (nSPS) is 15.8. The molecule has 0 aliphatic carbocycles. The van der Waals surface area contributed by atoms with E-state index < -0.39 is 0 Å². The lowest BCUT2D eigenvalue weighted by Gasteiger charge is -2.21. The van der Waals surface area contributed by atoms with E-state index in [0.29, 0.717) is 17.9 Å². The maximum Gasteiger partial charge on any atom is 0.240 e. The van der Waals surface area contributed by atoms with Crippen LogP contribution in [0.3, 0.4) is 0 Å². The third-order valence-corrected chi connectivity index (χ3v) is 5.41. The average Bonchev–Trinajstić information content (AvgIpc) is 3.23. The van der Waals surface area contributed by atoms with E-state index in [0.717, 1.165) is 33.4 Å². The average molecular weight is 404 g/mol. The van der Waals surface area contributed by atoms with E-state index >= 15 is 0 Å². The highest BCUT2D eigenvalue weighted by atomic mass is 16.5. The molecule has 0 spiro atoms. The van der Waals surface area contributed by atoms with E-state index in [1.165, 1.54) is 6.92 Å². The van der Waals surface area contributed by atoms with Crippen LogP contribution in [0.2, 0.25) is 0 Å². The van der Waals surface area contributed by atoms with Crippen LogP contribution in [0.4, 0.5) is 0 Å². The van der Waals surface area contributed by atoms with Gasteiger partial charge in [0, 0.05) is 13.3 Å². The second kappa shape index (κ2) is 8.06. The van der Waals surface area contributed by atoms with Gasteiger partial charge in [0.05, 0.1) is 33.1 Å². The van der Waals surface area contributed by atoms with Crippen LogP contribution in [0.15, 0.2) is 59.7 Å². The molecular weight excluding hydrogens is 380 g/mol. The van der Waals surface area contributed by atoms with E-state index in [1.807, 2.05) is 42.5 Å². The van der Waals surface area contributed by atoms with Crippen molar-refractivity contribution >= 4 is 22.4 Å². The van der Waals surface area contributed by atoms with E-state index in [4.69, 9.17) is 14.2 Å². The number of ether oxygens (including phenoxy) is 3. The van der Waals surface area contributed by atoms with Crippen LogP contribution in [0, 0.1) is 0 Å². The Morgan fingerprint density at radius 2 is 1.63 bits per heavy atom. The number of hydrazone groups is 1. The van der Waals surface area contributed by atoms with Gasteiger partial charge in [-0.2, -0.15) is 5.10 Å². The zero-order chi connectivity index (χ0) is 21.3. The molecule has 0 saturated carbocycles. The van der Waals surface area contributed by atoms with Crippen LogP contribution >= 0.6 is 0 Å². The Morgan fingerprint density at radius 3 is 2.33 bits per heavy atom. The molecule has 0 aromatic heterocycles. The van der Waals surface area contributed by atoms with Crippen molar-refractivity contribution in [3.8, 4) is 17.2 Å². The lowest BCUT2D eigenvalue weighted by atomic mass is 9.96. The number of hydrogen-bond acceptors (Lipinski definition) is 5. The summed E-state index contributed by atoms with van der Waals surface area (Å²) >= 11 is 0. The summed E-state index contributed by atoms with van der Waals surface area (Å²) in [6.45, 7) is 1.53. The summed E-state index contributed by atoms with van der Waals surface area (Å²) in [5, 5.41) is 8.40. The van der Waals surface area contributed by atoms with Crippen LogP contribution in [0.25, 0.3) is 10.8 Å². The molecule has 3 aromatic carbocycles. The van der Waals surface area contributed by atoms with Crippen LogP contribution in [0.1, 0.15) is 30.5 Å². The fourth-order valence-corrected chi connectivity index (χ4v) is 3.83. The summed E-state index contributed by atoms with van der Waals surface area (Å²) in [6, 6.07) is 17.7. The molecule has 1 amide bonds. The van der Waals surface area contributed by atoms with Gasteiger partial charge in [-0.25, -0.2) is 5.01 Å². The zero-order valence-electron chi connectivity index (χ0n) is 17.5. The van der Waals surface area contributed by atoms with Crippen molar-refractivity contribution in [3.05, 3.63) is 65.7 Å². The molecule has 4 rings (SSSR count). The molecule has 0 radical (unpaired) electrons. The fraction of sp³-hybridized carbons (Fsp3) is 0.250. The van der Waals surface area contributed by atoms with Gasteiger partial charge in [-0.05, 0) is 52.2 Å². The highest BCUT2D eigenvalue weighted by molar-refractivity contribution is 6.05. The Bertz CT molecular complexity index is 1140. The Morgan fingerprint density at radius 1 is 0.900 bits per heavy atom. The van der Waals surface area contributed by atoms with Crippen LogP contribution < -0.4 is 14.2 Å². The quantitative estimate of drug-likeness (QED) is 0.625. The van der Waals surface area contributed by atoms with Crippen molar-refractivity contribution in [2.45, 2.75) is 19.4 Å². The first kappa shape index (κ1) is 19.8. The molecule has 6 heteroatoms. The maximum atomic E-state index is 12.3. The van der Waals surface area contributed by atoms with Crippen molar-refractivity contribution < 1.29 is 19.0 Å². The highest BCUT2D eigenvalue weighted by Gasteiger charge is 2.32. The van der Waals surface area contributed by atoms with Crippen molar-refractivity contribution in [2.24, 2.45) is 5.10 Å². The van der Waals surface area contributed by atoms with E-state index in [2.05, 4.69) is 17.2 Å². The predicted octanol–water partition coefficient (Wildman–Crippen LogP) is 4.56. The number of fused-ring (bicyclic) bond motifs is 1. The second-order valence-electron chi connectivity index (χ2n) is 7.17. The fourth-order valence-electron chi connectivity index (χ4n) is 3.83. The van der Waals surface area contributed by atoms with E-state index in [9.17, 15) is 4.79 Å². The molecule has 6 nitrogen and oxygen atoms in total. The van der Waals surface area contributed by atoms with Crippen LogP contribution in [0.5, 0.6) is 17.2 Å². The first-order valence-corrected chi connectivity index (χ1v) is 9.71. The molecule has 0 saturated heterocycles. The molecule has 0 bridgehead atoms. The molecule has 0 unspecified atom stereocenters. The summed E-state index contributed by atoms with van der Waals surface area (Å²) in [7, 11) is 4.87. The van der Waals surface area contributed by atoms with Crippen molar-refractivity contribution in [3.63, 3.8) is 0 Å². The molecule has 1 aliphatic rings. The van der Waals surface area contributed by atoms with Crippen molar-refractivity contribution in [1.29, 1.82) is 0 Å². The Labute approximate surface area is 175 Å². The van der Waals surface area contributed by atoms with Crippen molar-refractivity contribution in [2.75, 3.05) is 21.3 Å². The summed E-state index contributed by atoms with van der Waals surface area (Å²) < 4.78 is 16.1. The third kappa shape index (κ3) is 3.56. The summed E-state index contributed by atoms with van der Waals surface area (Å²) in [5.41, 5.74) is 2.83. The zero-order valence-corrected chi connectivity index (χ0v) is 17.5. The summed E-state index contributed by atoms with van der Waals surface area (Å²) in [4.78, 5) is 12.3. The number of amides is 1. The summed E-state index contributed by atoms with van der Waals surface area (Å²) in [6.07, 6.45) is 0.622. The molecule has 1 atom stereocenters. The number of methoxy groups -OCH3 is 3. The van der Waals surface area contributed by atoms with Gasteiger partial charge in [0.1, 0.15) is 5.75 Å². The van der Waals surface area contributed by atoms with E-state index in [-0.39, 0.29) is 11.9 Å². The highest BCUT2D eigenvalue weighted by Crippen LogP contribution is 2.37. The second-order valence-corrected chi connectivity index (χ2v) is 7.17. The van der Waals surface area contributed by atoms with E-state index in [1.54, 1.807) is 26.3 Å². The largest absolute Gasteiger partial charge is 0.497 e. The lowest BCUT2D eigenvalue weighted by molar-refractivity contribution is -0.130. The van der Waals surface area contributed by atoms with Gasteiger partial charge in [-0.15, -0.1) is 0 Å². The molecule has 1 aliphatic heterocycles. The molecular formula is C24H24N2O4. The first-order valence-electron chi connectivity index (χ1n) is 9.71. The van der Waals surface area contributed by atoms with Gasteiger partial charge in [0.2, 0.25) is 5.91 Å². The minimum Gasteiger partial charge on any atom is -0.497 e. The van der Waals surface area contributed by atoms with Crippen LogP contribution in [-0.2, 0) is 4.79 Å².